The molecular weight excluding hydrogens is 653 g/mol. The van der Waals surface area contributed by atoms with Crippen LogP contribution in [0.2, 0.25) is 5.02 Å². The molecule has 2 heterocycles. The minimum Gasteiger partial charge on any atom is -0.449 e. The molecule has 0 bridgehead atoms. The minimum atomic E-state index is -5.11. The first-order valence-electron chi connectivity index (χ1n) is 14.4. The molecule has 48 heavy (non-hydrogen) atoms. The van der Waals surface area contributed by atoms with Crippen molar-refractivity contribution >= 4 is 45.5 Å². The number of ether oxygens (including phenoxy) is 3. The van der Waals surface area contributed by atoms with Crippen LogP contribution in [-0.2, 0) is 28.7 Å². The minimum absolute atomic E-state index is 0.0183. The zero-order chi connectivity index (χ0) is 33.8. The second-order valence-electron chi connectivity index (χ2n) is 10.5. The second-order valence-corrected chi connectivity index (χ2v) is 11.0. The third-order valence-electron chi connectivity index (χ3n) is 7.22. The molecule has 0 saturated heterocycles. The molecule has 0 radical (unpaired) electrons. The third kappa shape index (κ3) is 7.29. The van der Waals surface area contributed by atoms with E-state index in [9.17, 15) is 27.6 Å². The number of aromatic amines is 1. The monoisotopic (exact) mass is 676 g/mol. The molecule has 1 atom stereocenters. The molecule has 4 aromatic carbocycles. The summed E-state index contributed by atoms with van der Waals surface area (Å²) in [4.78, 5) is 42.6. The van der Waals surface area contributed by atoms with Gasteiger partial charge in [0, 0.05) is 34.6 Å². The first kappa shape index (κ1) is 32.2. The number of benzene rings is 4. The molecule has 244 valence electrons. The number of esters is 1. The van der Waals surface area contributed by atoms with E-state index in [1.54, 1.807) is 30.5 Å². The van der Waals surface area contributed by atoms with Crippen molar-refractivity contribution in [3.63, 3.8) is 0 Å². The number of alkyl halides is 3. The van der Waals surface area contributed by atoms with Crippen LogP contribution in [0.5, 0.6) is 17.2 Å². The van der Waals surface area contributed by atoms with Crippen LogP contribution < -0.4 is 20.2 Å². The van der Waals surface area contributed by atoms with Gasteiger partial charge in [0.2, 0.25) is 11.2 Å². The van der Waals surface area contributed by atoms with E-state index in [-0.39, 0.29) is 29.9 Å². The Labute approximate surface area is 274 Å². The van der Waals surface area contributed by atoms with Crippen molar-refractivity contribution in [3.05, 3.63) is 135 Å². The van der Waals surface area contributed by atoms with Gasteiger partial charge >= 0.3 is 18.2 Å². The van der Waals surface area contributed by atoms with Gasteiger partial charge in [-0.05, 0) is 53.6 Å². The maximum absolute atomic E-state index is 14.0. The van der Waals surface area contributed by atoms with Crippen LogP contribution in [0.3, 0.4) is 0 Å². The number of amides is 1. The van der Waals surface area contributed by atoms with Gasteiger partial charge in [-0.15, -0.1) is 0 Å². The topological polar surface area (TPSA) is 120 Å². The number of rotatable bonds is 9. The van der Waals surface area contributed by atoms with Crippen molar-refractivity contribution in [2.45, 2.75) is 25.2 Å². The van der Waals surface area contributed by atoms with E-state index in [1.165, 1.54) is 30.3 Å². The number of carbonyl (C=O) groups is 2. The standard InChI is InChI=1S/C35H24ClF3N2O7/c36-22-10-12-23(13-11-22)46-31-30(42)26-15-14-24(17-29(26)48-32(31)35(37,38)39)47-33(43)28(16-21-18-40-27-9-5-4-8-25(21)27)41-34(44)45-19-20-6-2-1-3-7-20/h1-15,17-18,28,40H,16,19H2,(H,41,44). The van der Waals surface area contributed by atoms with Crippen molar-refractivity contribution in [2.75, 3.05) is 0 Å². The third-order valence-corrected chi connectivity index (χ3v) is 7.47. The summed E-state index contributed by atoms with van der Waals surface area (Å²) in [7, 11) is 0. The first-order chi connectivity index (χ1) is 23.0. The molecule has 2 N–H and O–H groups in total. The van der Waals surface area contributed by atoms with Gasteiger partial charge in [0.1, 0.15) is 29.7 Å². The lowest BCUT2D eigenvalue weighted by molar-refractivity contribution is -0.154. The van der Waals surface area contributed by atoms with Gasteiger partial charge in [-0.1, -0.05) is 60.1 Å². The summed E-state index contributed by atoms with van der Waals surface area (Å²) < 4.78 is 63.4. The van der Waals surface area contributed by atoms with Crippen molar-refractivity contribution in [1.82, 2.24) is 10.3 Å². The molecule has 0 aliphatic heterocycles. The van der Waals surface area contributed by atoms with Crippen molar-refractivity contribution in [1.29, 1.82) is 0 Å². The Balaban J connectivity index is 1.27. The molecule has 1 amide bonds. The number of hydrogen-bond acceptors (Lipinski definition) is 7. The fourth-order valence-electron chi connectivity index (χ4n) is 4.93. The molecule has 6 rings (SSSR count). The van der Waals surface area contributed by atoms with E-state index in [1.807, 2.05) is 30.3 Å². The smallest absolute Gasteiger partial charge is 0.449 e. The number of nitrogens with one attached hydrogen (secondary N) is 2. The second kappa shape index (κ2) is 13.5. The fourth-order valence-corrected chi connectivity index (χ4v) is 5.05. The first-order valence-corrected chi connectivity index (χ1v) is 14.8. The molecule has 9 nitrogen and oxygen atoms in total. The highest BCUT2D eigenvalue weighted by Crippen LogP contribution is 2.39. The average Bonchev–Trinajstić information content (AvgIpc) is 3.48. The van der Waals surface area contributed by atoms with Gasteiger partial charge in [0.05, 0.1) is 5.39 Å². The summed E-state index contributed by atoms with van der Waals surface area (Å²) in [5, 5.41) is 3.38. The maximum atomic E-state index is 14.0. The van der Waals surface area contributed by atoms with Crippen LogP contribution in [0.15, 0.2) is 112 Å². The number of fused-ring (bicyclic) bond motifs is 2. The Morgan fingerprint density at radius 3 is 2.35 bits per heavy atom. The number of alkyl carbamates (subject to hydrolysis) is 1. The van der Waals surface area contributed by atoms with E-state index < -0.39 is 46.8 Å². The molecule has 0 aliphatic rings. The highest BCUT2D eigenvalue weighted by molar-refractivity contribution is 6.30. The van der Waals surface area contributed by atoms with Gasteiger partial charge < -0.3 is 28.9 Å². The molecular formula is C35H24ClF3N2O7. The van der Waals surface area contributed by atoms with Crippen LogP contribution >= 0.6 is 11.6 Å². The fraction of sp³-hybridized carbons (Fsp3) is 0.114. The van der Waals surface area contributed by atoms with Crippen LogP contribution in [0, 0.1) is 0 Å². The lowest BCUT2D eigenvalue weighted by atomic mass is 10.1. The summed E-state index contributed by atoms with van der Waals surface area (Å²) in [5.41, 5.74) is 0.598. The number of hydrogen-bond donors (Lipinski definition) is 2. The normalized spacial score (nSPS) is 12.1. The highest BCUT2D eigenvalue weighted by atomic mass is 35.5. The highest BCUT2D eigenvalue weighted by Gasteiger charge is 2.40. The summed E-state index contributed by atoms with van der Waals surface area (Å²) >= 11 is 5.84. The van der Waals surface area contributed by atoms with E-state index in [0.29, 0.717) is 10.6 Å². The SMILES string of the molecule is O=C(NC(Cc1c[nH]c2ccccc12)C(=O)Oc1ccc2c(=O)c(Oc3ccc(Cl)cc3)c(C(F)(F)F)oc2c1)OCc1ccccc1. The number of aromatic nitrogens is 1. The molecule has 0 fully saturated rings. The quantitative estimate of drug-likeness (QED) is 0.117. The van der Waals surface area contributed by atoms with Crippen molar-refractivity contribution in [2.24, 2.45) is 0 Å². The van der Waals surface area contributed by atoms with Gasteiger partial charge in [0.25, 0.3) is 5.76 Å². The largest absolute Gasteiger partial charge is 0.453 e. The van der Waals surface area contributed by atoms with Crippen molar-refractivity contribution < 1.29 is 41.4 Å². The summed E-state index contributed by atoms with van der Waals surface area (Å²) in [6, 6.07) is 23.7. The number of halogens is 4. The number of para-hydroxylation sites is 1. The van der Waals surface area contributed by atoms with Gasteiger partial charge in [-0.25, -0.2) is 9.59 Å². The van der Waals surface area contributed by atoms with E-state index >= 15 is 0 Å². The Hall–Kier alpha value is -5.75. The van der Waals surface area contributed by atoms with Crippen LogP contribution in [0.1, 0.15) is 16.9 Å². The molecule has 13 heteroatoms. The maximum Gasteiger partial charge on any atom is 0.453 e. The Morgan fingerprint density at radius 2 is 1.60 bits per heavy atom. The Morgan fingerprint density at radius 1 is 0.896 bits per heavy atom. The number of carbonyl (C=O) groups excluding carboxylic acids is 2. The number of H-pyrrole nitrogens is 1. The summed E-state index contributed by atoms with van der Waals surface area (Å²) in [6.07, 6.45) is -4.34. The Kier molecular flexibility index (Phi) is 9.08. The van der Waals surface area contributed by atoms with Crippen LogP contribution in [-0.4, -0.2) is 23.1 Å². The molecule has 2 aromatic heterocycles. The van der Waals surface area contributed by atoms with Crippen LogP contribution in [0.25, 0.3) is 21.9 Å². The molecule has 0 aliphatic carbocycles. The zero-order valence-corrected chi connectivity index (χ0v) is 25.4. The average molecular weight is 677 g/mol. The molecule has 0 saturated carbocycles. The van der Waals surface area contributed by atoms with Crippen LogP contribution in [0.4, 0.5) is 18.0 Å². The lowest BCUT2D eigenvalue weighted by Gasteiger charge is -2.18. The van der Waals surface area contributed by atoms with Gasteiger partial charge in [0.15, 0.2) is 0 Å². The molecule has 0 spiro atoms. The van der Waals surface area contributed by atoms with E-state index in [0.717, 1.165) is 28.6 Å². The summed E-state index contributed by atoms with van der Waals surface area (Å²) in [5.74, 6) is -4.01. The predicted octanol–water partition coefficient (Wildman–Crippen LogP) is 8.18. The van der Waals surface area contributed by atoms with Gasteiger partial charge in [-0.3, -0.25) is 4.79 Å². The van der Waals surface area contributed by atoms with Crippen molar-refractivity contribution in [3.8, 4) is 17.2 Å². The van der Waals surface area contributed by atoms with E-state index in [2.05, 4.69) is 10.3 Å². The Bertz CT molecular complexity index is 2160. The predicted molar refractivity (Wildman–Crippen MR) is 170 cm³/mol. The van der Waals surface area contributed by atoms with E-state index in [4.69, 9.17) is 30.2 Å². The molecule has 6 aromatic rings. The molecule has 1 unspecified atom stereocenters. The zero-order valence-electron chi connectivity index (χ0n) is 24.7. The van der Waals surface area contributed by atoms with Gasteiger partial charge in [-0.2, -0.15) is 13.2 Å². The summed E-state index contributed by atoms with van der Waals surface area (Å²) in [6.45, 7) is -0.0590. The lowest BCUT2D eigenvalue weighted by Crippen LogP contribution is -2.44.